The van der Waals surface area contributed by atoms with E-state index < -0.39 is 17.6 Å². The van der Waals surface area contributed by atoms with Crippen LogP contribution in [0.25, 0.3) is 0 Å². The fourth-order valence-corrected chi connectivity index (χ4v) is 3.71. The minimum absolute atomic E-state index is 0.0722. The molecule has 1 aliphatic carbocycles. The number of amides is 1. The van der Waals surface area contributed by atoms with Crippen molar-refractivity contribution in [3.63, 3.8) is 0 Å². The highest BCUT2D eigenvalue weighted by molar-refractivity contribution is 6.30. The Bertz CT molecular complexity index is 773. The molecule has 0 heterocycles. The lowest BCUT2D eigenvalue weighted by atomic mass is 9.80. The van der Waals surface area contributed by atoms with Crippen LogP contribution in [0, 0.1) is 0 Å². The highest BCUT2D eigenvalue weighted by Crippen LogP contribution is 2.35. The zero-order chi connectivity index (χ0) is 18.7. The topological polar surface area (TPSA) is 29.1 Å². The van der Waals surface area contributed by atoms with Crippen LogP contribution in [-0.2, 0) is 6.18 Å². The second-order valence-electron chi connectivity index (χ2n) is 6.57. The van der Waals surface area contributed by atoms with E-state index in [4.69, 9.17) is 11.6 Å². The Kier molecular flexibility index (Phi) is 5.56. The van der Waals surface area contributed by atoms with Crippen LogP contribution in [0.15, 0.2) is 48.5 Å². The standard InChI is InChI=1S/C20H19ClF3NO/c21-14-11-9-13(10-12-14)15-5-2-4-8-18(15)25-19(26)16-6-1-3-7-17(16)20(22,23)24/h1,3,6-7,9-12,15,18H,2,4-5,8H2,(H,25,26)/t15-,18-/m1/s1. The van der Waals surface area contributed by atoms with E-state index in [1.54, 1.807) is 12.1 Å². The van der Waals surface area contributed by atoms with Gasteiger partial charge in [-0.15, -0.1) is 0 Å². The number of alkyl halides is 3. The Balaban J connectivity index is 1.82. The van der Waals surface area contributed by atoms with Crippen molar-refractivity contribution in [1.82, 2.24) is 5.32 Å². The average molecular weight is 382 g/mol. The molecule has 1 fully saturated rings. The maximum Gasteiger partial charge on any atom is 0.417 e. The highest BCUT2D eigenvalue weighted by Gasteiger charge is 2.36. The second kappa shape index (κ2) is 7.70. The van der Waals surface area contributed by atoms with Crippen molar-refractivity contribution in [2.75, 3.05) is 0 Å². The van der Waals surface area contributed by atoms with Gasteiger partial charge in [0.25, 0.3) is 5.91 Å². The van der Waals surface area contributed by atoms with Gasteiger partial charge in [0, 0.05) is 17.0 Å². The summed E-state index contributed by atoms with van der Waals surface area (Å²) in [6.07, 6.45) is -0.967. The van der Waals surface area contributed by atoms with Crippen LogP contribution in [0.1, 0.15) is 53.1 Å². The molecule has 1 amide bonds. The lowest BCUT2D eigenvalue weighted by Crippen LogP contribution is -2.41. The Morgan fingerprint density at radius 1 is 1.00 bits per heavy atom. The summed E-state index contributed by atoms with van der Waals surface area (Å²) in [5.74, 6) is -0.605. The fraction of sp³-hybridized carbons (Fsp3) is 0.350. The highest BCUT2D eigenvalue weighted by atomic mass is 35.5. The van der Waals surface area contributed by atoms with Gasteiger partial charge in [0.2, 0.25) is 0 Å². The zero-order valence-corrected chi connectivity index (χ0v) is 14.8. The molecule has 0 unspecified atom stereocenters. The SMILES string of the molecule is O=C(N[C@@H]1CCCC[C@@H]1c1ccc(Cl)cc1)c1ccccc1C(F)(F)F. The van der Waals surface area contributed by atoms with Crippen LogP contribution < -0.4 is 5.32 Å². The van der Waals surface area contributed by atoms with Gasteiger partial charge in [-0.25, -0.2) is 0 Å². The number of benzene rings is 2. The average Bonchev–Trinajstić information content (AvgIpc) is 2.62. The van der Waals surface area contributed by atoms with Gasteiger partial charge in [-0.1, -0.05) is 48.7 Å². The third kappa shape index (κ3) is 4.21. The van der Waals surface area contributed by atoms with Gasteiger partial charge < -0.3 is 5.32 Å². The molecule has 0 spiro atoms. The molecule has 6 heteroatoms. The molecule has 2 aromatic rings. The molecule has 26 heavy (non-hydrogen) atoms. The molecule has 1 aliphatic rings. The largest absolute Gasteiger partial charge is 0.417 e. The number of carbonyl (C=O) groups is 1. The third-order valence-corrected chi connectivity index (χ3v) is 5.11. The van der Waals surface area contributed by atoms with E-state index in [0.717, 1.165) is 37.3 Å². The van der Waals surface area contributed by atoms with Crippen LogP contribution >= 0.6 is 11.6 Å². The van der Waals surface area contributed by atoms with Crippen molar-refractivity contribution in [1.29, 1.82) is 0 Å². The number of hydrogen-bond donors (Lipinski definition) is 1. The molecule has 0 aromatic heterocycles. The molecule has 2 nitrogen and oxygen atoms in total. The summed E-state index contributed by atoms with van der Waals surface area (Å²) < 4.78 is 39.5. The Labute approximate surface area is 155 Å². The first-order chi connectivity index (χ1) is 12.4. The van der Waals surface area contributed by atoms with Crippen LogP contribution in [0.5, 0.6) is 0 Å². The number of hydrogen-bond acceptors (Lipinski definition) is 1. The van der Waals surface area contributed by atoms with Gasteiger partial charge in [0.1, 0.15) is 0 Å². The summed E-state index contributed by atoms with van der Waals surface area (Å²) in [7, 11) is 0. The number of halogens is 4. The number of carbonyl (C=O) groups excluding carboxylic acids is 1. The first kappa shape index (κ1) is 18.8. The first-order valence-corrected chi connectivity index (χ1v) is 8.96. The van der Waals surface area contributed by atoms with E-state index in [-0.39, 0.29) is 17.5 Å². The van der Waals surface area contributed by atoms with Gasteiger partial charge in [0.15, 0.2) is 0 Å². The predicted molar refractivity (Wildman–Crippen MR) is 95.4 cm³/mol. The van der Waals surface area contributed by atoms with E-state index in [1.165, 1.54) is 18.2 Å². The molecule has 3 rings (SSSR count). The molecule has 1 saturated carbocycles. The minimum Gasteiger partial charge on any atom is -0.349 e. The lowest BCUT2D eigenvalue weighted by molar-refractivity contribution is -0.137. The molecule has 2 atom stereocenters. The quantitative estimate of drug-likeness (QED) is 0.713. The van der Waals surface area contributed by atoms with Gasteiger partial charge >= 0.3 is 6.18 Å². The summed E-state index contributed by atoms with van der Waals surface area (Å²) >= 11 is 5.94. The fourth-order valence-electron chi connectivity index (χ4n) is 3.59. The van der Waals surface area contributed by atoms with Crippen molar-refractivity contribution in [3.05, 3.63) is 70.2 Å². The summed E-state index contributed by atoms with van der Waals surface area (Å²) in [6.45, 7) is 0. The predicted octanol–water partition coefficient (Wildman–Crippen LogP) is 5.82. The van der Waals surface area contributed by atoms with Gasteiger partial charge in [-0.3, -0.25) is 4.79 Å². The monoisotopic (exact) mass is 381 g/mol. The van der Waals surface area contributed by atoms with Gasteiger partial charge in [-0.2, -0.15) is 13.2 Å². The normalized spacial score (nSPS) is 20.6. The maximum atomic E-state index is 13.2. The number of nitrogens with one attached hydrogen (secondary N) is 1. The molecule has 0 bridgehead atoms. The Morgan fingerprint density at radius 3 is 2.35 bits per heavy atom. The minimum atomic E-state index is -4.56. The van der Waals surface area contributed by atoms with E-state index >= 15 is 0 Å². The molecule has 0 saturated heterocycles. The van der Waals surface area contributed by atoms with Gasteiger partial charge in [0.05, 0.1) is 11.1 Å². The summed E-state index contributed by atoms with van der Waals surface area (Å²) in [6, 6.07) is 12.1. The molecule has 0 radical (unpaired) electrons. The van der Waals surface area contributed by atoms with E-state index in [1.807, 2.05) is 12.1 Å². The van der Waals surface area contributed by atoms with Gasteiger partial charge in [-0.05, 0) is 42.7 Å². The third-order valence-electron chi connectivity index (χ3n) is 4.86. The van der Waals surface area contributed by atoms with Crippen molar-refractivity contribution < 1.29 is 18.0 Å². The summed E-state index contributed by atoms with van der Waals surface area (Å²) in [4.78, 5) is 12.6. The molecule has 2 aromatic carbocycles. The van der Waals surface area contributed by atoms with Crippen molar-refractivity contribution in [2.45, 2.75) is 43.8 Å². The Morgan fingerprint density at radius 2 is 1.65 bits per heavy atom. The van der Waals surface area contributed by atoms with Crippen molar-refractivity contribution >= 4 is 17.5 Å². The molecule has 1 N–H and O–H groups in total. The summed E-state index contributed by atoms with van der Waals surface area (Å²) in [5, 5.41) is 3.47. The van der Waals surface area contributed by atoms with E-state index in [0.29, 0.717) is 5.02 Å². The number of rotatable bonds is 3. The van der Waals surface area contributed by atoms with E-state index in [2.05, 4.69) is 5.32 Å². The lowest BCUT2D eigenvalue weighted by Gasteiger charge is -2.33. The first-order valence-electron chi connectivity index (χ1n) is 8.59. The molecule has 138 valence electrons. The molecular weight excluding hydrogens is 363 g/mol. The molecular formula is C20H19ClF3NO. The second-order valence-corrected chi connectivity index (χ2v) is 7.00. The van der Waals surface area contributed by atoms with Crippen molar-refractivity contribution in [2.24, 2.45) is 0 Å². The smallest absolute Gasteiger partial charge is 0.349 e. The Hall–Kier alpha value is -2.01. The van der Waals surface area contributed by atoms with E-state index in [9.17, 15) is 18.0 Å². The van der Waals surface area contributed by atoms with Crippen LogP contribution in [0.3, 0.4) is 0 Å². The van der Waals surface area contributed by atoms with Crippen LogP contribution in [0.2, 0.25) is 5.02 Å². The van der Waals surface area contributed by atoms with Crippen molar-refractivity contribution in [3.8, 4) is 0 Å². The van der Waals surface area contributed by atoms with Crippen LogP contribution in [0.4, 0.5) is 13.2 Å². The maximum absolute atomic E-state index is 13.2. The molecule has 0 aliphatic heterocycles. The zero-order valence-electron chi connectivity index (χ0n) is 14.0. The van der Waals surface area contributed by atoms with Crippen LogP contribution in [-0.4, -0.2) is 11.9 Å². The summed E-state index contributed by atoms with van der Waals surface area (Å²) in [5.41, 5.74) is -0.194.